The van der Waals surface area contributed by atoms with Crippen LogP contribution in [-0.4, -0.2) is 35.2 Å². The molecule has 2 heterocycles. The molecule has 5 rings (SSSR count). The minimum absolute atomic E-state index is 0.0245. The van der Waals surface area contributed by atoms with Crippen molar-refractivity contribution in [1.29, 1.82) is 0 Å². The normalized spacial score (nSPS) is 16.7. The van der Waals surface area contributed by atoms with Crippen molar-refractivity contribution in [1.82, 2.24) is 0 Å². The number of ether oxygens (including phenoxy) is 1. The van der Waals surface area contributed by atoms with Gasteiger partial charge < -0.3 is 9.64 Å². The first-order valence-electron chi connectivity index (χ1n) is 11.9. The van der Waals surface area contributed by atoms with Crippen molar-refractivity contribution in [3.63, 3.8) is 0 Å². The largest absolute Gasteiger partial charge is 0.426 e. The van der Waals surface area contributed by atoms with Crippen molar-refractivity contribution < 1.29 is 28.8 Å². The second-order valence-electron chi connectivity index (χ2n) is 9.52. The van der Waals surface area contributed by atoms with Crippen molar-refractivity contribution in [3.8, 4) is 5.75 Å². The summed E-state index contributed by atoms with van der Waals surface area (Å²) in [7, 11) is 0. The molecule has 0 bridgehead atoms. The Labute approximate surface area is 217 Å². The number of carbonyl (C=O) groups is 4. The molecular formula is C28H23N3O7. The van der Waals surface area contributed by atoms with Crippen molar-refractivity contribution >= 4 is 40.8 Å². The van der Waals surface area contributed by atoms with Crippen LogP contribution < -0.4 is 14.5 Å². The quantitative estimate of drug-likeness (QED) is 0.164. The van der Waals surface area contributed by atoms with E-state index in [1.165, 1.54) is 36.4 Å². The van der Waals surface area contributed by atoms with Gasteiger partial charge in [0, 0.05) is 24.7 Å². The van der Waals surface area contributed by atoms with Crippen LogP contribution in [-0.2, 0) is 9.59 Å². The first kappa shape index (κ1) is 24.8. The highest BCUT2D eigenvalue weighted by Crippen LogP contribution is 2.36. The molecule has 1 saturated heterocycles. The van der Waals surface area contributed by atoms with E-state index in [0.29, 0.717) is 5.56 Å². The average Bonchev–Trinajstić information content (AvgIpc) is 3.36. The highest BCUT2D eigenvalue weighted by atomic mass is 16.6. The summed E-state index contributed by atoms with van der Waals surface area (Å²) < 4.78 is 5.55. The van der Waals surface area contributed by atoms with Gasteiger partial charge in [0.25, 0.3) is 17.5 Å². The molecule has 1 atom stereocenters. The first-order chi connectivity index (χ1) is 18.0. The molecule has 2 aliphatic heterocycles. The lowest BCUT2D eigenvalue weighted by molar-refractivity contribution is -0.385. The third kappa shape index (κ3) is 4.19. The van der Waals surface area contributed by atoms with Gasteiger partial charge in [0.15, 0.2) is 0 Å². The summed E-state index contributed by atoms with van der Waals surface area (Å²) in [6.45, 7) is 5.72. The Balaban J connectivity index is 1.33. The van der Waals surface area contributed by atoms with Crippen molar-refractivity contribution in [2.75, 3.05) is 16.3 Å². The number of esters is 1. The van der Waals surface area contributed by atoms with E-state index in [1.807, 2.05) is 32.0 Å². The van der Waals surface area contributed by atoms with Crippen LogP contribution in [0.25, 0.3) is 0 Å². The molecule has 2 aliphatic rings. The predicted molar refractivity (Wildman–Crippen MR) is 137 cm³/mol. The van der Waals surface area contributed by atoms with Crippen molar-refractivity contribution in [2.45, 2.75) is 27.2 Å². The lowest BCUT2D eigenvalue weighted by atomic mass is 10.1. The molecule has 1 fully saturated rings. The standard InChI is InChI=1S/C28H23N3O7/c1-15-9-16(2)11-19(10-15)29-14-18(13-24(29)32)28(35)38-20-7-8-22(17(3)12-20)30-26(33)21-5-4-6-23(31(36)37)25(21)27(30)34/h4-12,18H,13-14H2,1-3H3/t18-/m0/s1. The molecule has 0 spiro atoms. The monoisotopic (exact) mass is 513 g/mol. The maximum absolute atomic E-state index is 13.0. The van der Waals surface area contributed by atoms with E-state index in [-0.39, 0.29) is 41.4 Å². The smallest absolute Gasteiger partial charge is 0.316 e. The van der Waals surface area contributed by atoms with Gasteiger partial charge in [0.2, 0.25) is 5.91 Å². The molecule has 192 valence electrons. The number of rotatable bonds is 5. The summed E-state index contributed by atoms with van der Waals surface area (Å²) in [6, 6.07) is 14.1. The zero-order valence-corrected chi connectivity index (χ0v) is 20.9. The Bertz CT molecular complexity index is 1540. The van der Waals surface area contributed by atoms with Crippen LogP contribution in [0.5, 0.6) is 5.75 Å². The zero-order valence-electron chi connectivity index (χ0n) is 20.9. The van der Waals surface area contributed by atoms with E-state index in [4.69, 9.17) is 4.74 Å². The predicted octanol–water partition coefficient (Wildman–Crippen LogP) is 4.28. The summed E-state index contributed by atoms with van der Waals surface area (Å²) in [4.78, 5) is 64.7. The number of aryl methyl sites for hydroxylation is 3. The number of hydrogen-bond donors (Lipinski definition) is 0. The van der Waals surface area contributed by atoms with Crippen molar-refractivity contribution in [2.24, 2.45) is 5.92 Å². The SMILES string of the molecule is Cc1cc(C)cc(N2C[C@@H](C(=O)Oc3ccc(N4C(=O)c5cccc([N+](=O)[O-])c5C4=O)c(C)c3)CC2=O)c1. The molecule has 0 saturated carbocycles. The van der Waals surface area contributed by atoms with Crippen LogP contribution >= 0.6 is 0 Å². The van der Waals surface area contributed by atoms with Gasteiger partial charge in [-0.2, -0.15) is 0 Å². The number of benzene rings is 3. The molecule has 0 radical (unpaired) electrons. The number of amides is 3. The number of carbonyl (C=O) groups excluding carboxylic acids is 4. The molecule has 0 aliphatic carbocycles. The van der Waals surface area contributed by atoms with Gasteiger partial charge in [-0.15, -0.1) is 0 Å². The fourth-order valence-electron chi connectivity index (χ4n) is 5.00. The molecule has 3 aromatic carbocycles. The summed E-state index contributed by atoms with van der Waals surface area (Å²) in [5.74, 6) is -2.65. The first-order valence-corrected chi connectivity index (χ1v) is 11.9. The van der Waals surface area contributed by atoms with Gasteiger partial charge in [-0.3, -0.25) is 29.3 Å². The van der Waals surface area contributed by atoms with Crippen LogP contribution in [0.4, 0.5) is 17.1 Å². The summed E-state index contributed by atoms with van der Waals surface area (Å²) in [5.41, 5.74) is 2.71. The Morgan fingerprint density at radius 2 is 1.68 bits per heavy atom. The molecule has 3 amide bonds. The second-order valence-corrected chi connectivity index (χ2v) is 9.52. The van der Waals surface area contributed by atoms with E-state index in [0.717, 1.165) is 21.7 Å². The molecule has 0 N–H and O–H groups in total. The van der Waals surface area contributed by atoms with E-state index in [9.17, 15) is 29.3 Å². The molecule has 10 nitrogen and oxygen atoms in total. The Morgan fingerprint density at radius 3 is 2.34 bits per heavy atom. The van der Waals surface area contributed by atoms with E-state index in [2.05, 4.69) is 0 Å². The average molecular weight is 514 g/mol. The number of nitro benzene ring substituents is 1. The van der Waals surface area contributed by atoms with Crippen molar-refractivity contribution in [3.05, 3.63) is 92.5 Å². The number of nitrogens with zero attached hydrogens (tertiary/aromatic N) is 3. The van der Waals surface area contributed by atoms with E-state index < -0.39 is 34.3 Å². The third-order valence-corrected chi connectivity index (χ3v) is 6.69. The van der Waals surface area contributed by atoms with Gasteiger partial charge in [-0.05, 0) is 73.9 Å². The lowest BCUT2D eigenvalue weighted by Gasteiger charge is -2.19. The maximum Gasteiger partial charge on any atom is 0.316 e. The third-order valence-electron chi connectivity index (χ3n) is 6.69. The maximum atomic E-state index is 13.0. The van der Waals surface area contributed by atoms with Gasteiger partial charge in [0.05, 0.1) is 22.1 Å². The molecular weight excluding hydrogens is 490 g/mol. The van der Waals surface area contributed by atoms with E-state index >= 15 is 0 Å². The van der Waals surface area contributed by atoms with Gasteiger partial charge in [-0.25, -0.2) is 4.90 Å². The Morgan fingerprint density at radius 1 is 0.974 bits per heavy atom. The highest BCUT2D eigenvalue weighted by Gasteiger charge is 2.42. The number of hydrogen-bond acceptors (Lipinski definition) is 7. The number of imide groups is 1. The summed E-state index contributed by atoms with van der Waals surface area (Å²) in [6.07, 6.45) is 0.0245. The number of anilines is 2. The summed E-state index contributed by atoms with van der Waals surface area (Å²) in [5, 5.41) is 11.4. The fraction of sp³-hybridized carbons (Fsp3) is 0.214. The molecule has 0 aromatic heterocycles. The van der Waals surface area contributed by atoms with Gasteiger partial charge in [-0.1, -0.05) is 12.1 Å². The molecule has 38 heavy (non-hydrogen) atoms. The Kier molecular flexibility index (Phi) is 6.02. The minimum atomic E-state index is -0.791. The molecule has 3 aromatic rings. The summed E-state index contributed by atoms with van der Waals surface area (Å²) >= 11 is 0. The van der Waals surface area contributed by atoms with Crippen LogP contribution in [0.15, 0.2) is 54.6 Å². The Hall–Kier alpha value is -4.86. The van der Waals surface area contributed by atoms with Crippen LogP contribution in [0.2, 0.25) is 0 Å². The lowest BCUT2D eigenvalue weighted by Crippen LogP contribution is -2.30. The van der Waals surface area contributed by atoms with Crippen LogP contribution in [0, 0.1) is 36.8 Å². The number of nitro groups is 1. The second kappa shape index (κ2) is 9.22. The van der Waals surface area contributed by atoms with E-state index in [1.54, 1.807) is 11.8 Å². The molecule has 0 unspecified atom stereocenters. The minimum Gasteiger partial charge on any atom is -0.426 e. The van der Waals surface area contributed by atoms with Crippen LogP contribution in [0.3, 0.4) is 0 Å². The van der Waals surface area contributed by atoms with Crippen LogP contribution in [0.1, 0.15) is 43.8 Å². The highest BCUT2D eigenvalue weighted by molar-refractivity contribution is 6.35. The fourth-order valence-corrected chi connectivity index (χ4v) is 5.00. The number of fused-ring (bicyclic) bond motifs is 1. The van der Waals surface area contributed by atoms with Gasteiger partial charge in [0.1, 0.15) is 11.3 Å². The molecule has 10 heteroatoms. The topological polar surface area (TPSA) is 127 Å². The van der Waals surface area contributed by atoms with Gasteiger partial charge >= 0.3 is 5.97 Å². The zero-order chi connectivity index (χ0) is 27.3.